The quantitative estimate of drug-likeness (QED) is 0.531. The maximum absolute atomic E-state index is 12.3. The SMILES string of the molecule is C=CCOC(=O)C1Cc2c([nH]c3ccccc23)CN1C(=O)CCl. The van der Waals surface area contributed by atoms with Gasteiger partial charge in [0.1, 0.15) is 18.5 Å². The van der Waals surface area contributed by atoms with Crippen molar-refractivity contribution in [2.75, 3.05) is 12.5 Å². The number of carbonyl (C=O) groups excluding carboxylic acids is 2. The fourth-order valence-electron chi connectivity index (χ4n) is 2.99. The van der Waals surface area contributed by atoms with Crippen molar-refractivity contribution in [2.45, 2.75) is 19.0 Å². The van der Waals surface area contributed by atoms with E-state index in [2.05, 4.69) is 11.6 Å². The first-order valence-electron chi connectivity index (χ1n) is 7.37. The number of rotatable bonds is 4. The number of benzene rings is 1. The number of para-hydroxylation sites is 1. The fraction of sp³-hybridized carbons (Fsp3) is 0.294. The van der Waals surface area contributed by atoms with Crippen LogP contribution in [0.5, 0.6) is 0 Å². The molecule has 3 rings (SSSR count). The number of nitrogens with zero attached hydrogens (tertiary/aromatic N) is 1. The molecule has 1 amide bonds. The van der Waals surface area contributed by atoms with Crippen LogP contribution < -0.4 is 0 Å². The summed E-state index contributed by atoms with van der Waals surface area (Å²) in [4.78, 5) is 29.3. The third kappa shape index (κ3) is 2.84. The second-order valence-electron chi connectivity index (χ2n) is 5.42. The standard InChI is InChI=1S/C17H17ClN2O3/c1-2-7-23-17(22)15-8-12-11-5-3-4-6-13(11)19-14(12)10-20(15)16(21)9-18/h2-6,15,19H,1,7-10H2. The first kappa shape index (κ1) is 15.6. The molecule has 1 unspecified atom stereocenters. The minimum Gasteiger partial charge on any atom is -0.460 e. The Morgan fingerprint density at radius 2 is 2.22 bits per heavy atom. The predicted molar refractivity (Wildman–Crippen MR) is 88.2 cm³/mol. The lowest BCUT2D eigenvalue weighted by Gasteiger charge is -2.33. The molecule has 2 heterocycles. The Morgan fingerprint density at radius 3 is 2.96 bits per heavy atom. The number of aromatic amines is 1. The van der Waals surface area contributed by atoms with Gasteiger partial charge in [-0.05, 0) is 11.6 Å². The van der Waals surface area contributed by atoms with Gasteiger partial charge in [0.25, 0.3) is 0 Å². The van der Waals surface area contributed by atoms with E-state index in [1.54, 1.807) is 0 Å². The molecular weight excluding hydrogens is 316 g/mol. The van der Waals surface area contributed by atoms with E-state index in [9.17, 15) is 9.59 Å². The Labute approximate surface area is 138 Å². The van der Waals surface area contributed by atoms with Crippen LogP contribution >= 0.6 is 11.6 Å². The van der Waals surface area contributed by atoms with Crippen LogP contribution in [0.1, 0.15) is 11.3 Å². The van der Waals surface area contributed by atoms with Crippen molar-refractivity contribution in [3.05, 3.63) is 48.2 Å². The molecule has 0 fully saturated rings. The van der Waals surface area contributed by atoms with Gasteiger partial charge in [-0.3, -0.25) is 4.79 Å². The number of nitrogens with one attached hydrogen (secondary N) is 1. The summed E-state index contributed by atoms with van der Waals surface area (Å²) in [6.07, 6.45) is 1.92. The van der Waals surface area contributed by atoms with E-state index < -0.39 is 12.0 Å². The van der Waals surface area contributed by atoms with Crippen molar-refractivity contribution in [3.63, 3.8) is 0 Å². The van der Waals surface area contributed by atoms with Crippen molar-refractivity contribution >= 4 is 34.4 Å². The zero-order valence-corrected chi connectivity index (χ0v) is 13.3. The smallest absolute Gasteiger partial charge is 0.329 e. The van der Waals surface area contributed by atoms with E-state index in [0.717, 1.165) is 22.2 Å². The molecule has 0 bridgehead atoms. The highest BCUT2D eigenvalue weighted by Gasteiger charge is 2.36. The second kappa shape index (κ2) is 6.46. The molecule has 1 atom stereocenters. The van der Waals surface area contributed by atoms with Crippen LogP contribution in [0, 0.1) is 0 Å². The number of esters is 1. The highest BCUT2D eigenvalue weighted by molar-refractivity contribution is 6.27. The Morgan fingerprint density at radius 1 is 1.43 bits per heavy atom. The molecule has 1 aromatic carbocycles. The van der Waals surface area contributed by atoms with Gasteiger partial charge < -0.3 is 14.6 Å². The van der Waals surface area contributed by atoms with Gasteiger partial charge in [-0.2, -0.15) is 0 Å². The summed E-state index contributed by atoms with van der Waals surface area (Å²) in [6, 6.07) is 7.23. The molecule has 0 aliphatic carbocycles. The first-order chi connectivity index (χ1) is 11.2. The van der Waals surface area contributed by atoms with Crippen LogP contribution in [0.3, 0.4) is 0 Å². The Hall–Kier alpha value is -2.27. The van der Waals surface area contributed by atoms with Gasteiger partial charge in [0, 0.05) is 23.0 Å². The lowest BCUT2D eigenvalue weighted by Crippen LogP contribution is -2.49. The van der Waals surface area contributed by atoms with Gasteiger partial charge >= 0.3 is 5.97 Å². The molecule has 1 aromatic heterocycles. The summed E-state index contributed by atoms with van der Waals surface area (Å²) in [5.41, 5.74) is 2.99. The minimum absolute atomic E-state index is 0.124. The number of ether oxygens (including phenoxy) is 1. The molecule has 0 saturated carbocycles. The highest BCUT2D eigenvalue weighted by atomic mass is 35.5. The van der Waals surface area contributed by atoms with Gasteiger partial charge in [0.15, 0.2) is 0 Å². The van der Waals surface area contributed by atoms with Crippen LogP contribution in [0.2, 0.25) is 0 Å². The van der Waals surface area contributed by atoms with E-state index in [-0.39, 0.29) is 18.4 Å². The highest BCUT2D eigenvalue weighted by Crippen LogP contribution is 2.30. The van der Waals surface area contributed by atoms with Crippen LogP contribution in [-0.2, 0) is 27.3 Å². The van der Waals surface area contributed by atoms with Crippen molar-refractivity contribution in [2.24, 2.45) is 0 Å². The van der Waals surface area contributed by atoms with Crippen LogP contribution in [0.15, 0.2) is 36.9 Å². The third-order valence-electron chi connectivity index (χ3n) is 4.05. The average Bonchev–Trinajstić information content (AvgIpc) is 2.95. The van der Waals surface area contributed by atoms with Gasteiger partial charge in [0.2, 0.25) is 5.91 Å². The van der Waals surface area contributed by atoms with Crippen molar-refractivity contribution in [3.8, 4) is 0 Å². The molecule has 1 aliphatic heterocycles. The van der Waals surface area contributed by atoms with Gasteiger partial charge in [0.05, 0.1) is 6.54 Å². The molecule has 120 valence electrons. The van der Waals surface area contributed by atoms with Gasteiger partial charge in [-0.25, -0.2) is 4.79 Å². The summed E-state index contributed by atoms with van der Waals surface area (Å²) in [5, 5.41) is 1.07. The molecule has 5 nitrogen and oxygen atoms in total. The van der Waals surface area contributed by atoms with Crippen LogP contribution in [-0.4, -0.2) is 40.3 Å². The summed E-state index contributed by atoms with van der Waals surface area (Å²) in [6.45, 7) is 3.98. The Balaban J connectivity index is 1.98. The molecule has 6 heteroatoms. The molecule has 23 heavy (non-hydrogen) atoms. The number of carbonyl (C=O) groups is 2. The average molecular weight is 333 g/mol. The van der Waals surface area contributed by atoms with E-state index in [4.69, 9.17) is 16.3 Å². The monoisotopic (exact) mass is 332 g/mol. The van der Waals surface area contributed by atoms with Crippen LogP contribution in [0.4, 0.5) is 0 Å². The molecule has 0 saturated heterocycles. The number of H-pyrrole nitrogens is 1. The largest absolute Gasteiger partial charge is 0.460 e. The Bertz CT molecular complexity index is 768. The molecule has 2 aromatic rings. The van der Waals surface area contributed by atoms with E-state index in [1.165, 1.54) is 11.0 Å². The van der Waals surface area contributed by atoms with Crippen molar-refractivity contribution in [1.29, 1.82) is 0 Å². The molecule has 0 spiro atoms. The van der Waals surface area contributed by atoms with Gasteiger partial charge in [-0.1, -0.05) is 30.9 Å². The van der Waals surface area contributed by atoms with Crippen molar-refractivity contribution < 1.29 is 14.3 Å². The number of alkyl halides is 1. The number of halogens is 1. The zero-order valence-electron chi connectivity index (χ0n) is 12.5. The summed E-state index contributed by atoms with van der Waals surface area (Å²) >= 11 is 5.70. The fourth-order valence-corrected chi connectivity index (χ4v) is 3.15. The summed E-state index contributed by atoms with van der Waals surface area (Å²) < 4.78 is 5.16. The zero-order chi connectivity index (χ0) is 16.4. The number of hydrogen-bond acceptors (Lipinski definition) is 3. The molecule has 0 radical (unpaired) electrons. The number of fused-ring (bicyclic) bond motifs is 3. The summed E-state index contributed by atoms with van der Waals surface area (Å²) in [7, 11) is 0. The minimum atomic E-state index is -0.659. The van der Waals surface area contributed by atoms with E-state index in [1.807, 2.05) is 24.3 Å². The lowest BCUT2D eigenvalue weighted by atomic mass is 9.96. The maximum Gasteiger partial charge on any atom is 0.329 e. The van der Waals surface area contributed by atoms with Crippen LogP contribution in [0.25, 0.3) is 10.9 Å². The topological polar surface area (TPSA) is 62.4 Å². The van der Waals surface area contributed by atoms with E-state index in [0.29, 0.717) is 13.0 Å². The normalized spacial score (nSPS) is 16.9. The van der Waals surface area contributed by atoms with Crippen molar-refractivity contribution in [1.82, 2.24) is 9.88 Å². The maximum atomic E-state index is 12.3. The Kier molecular flexibility index (Phi) is 4.39. The predicted octanol–water partition coefficient (Wildman–Crippen LogP) is 2.39. The summed E-state index contributed by atoms with van der Waals surface area (Å²) in [5.74, 6) is -0.878. The van der Waals surface area contributed by atoms with E-state index >= 15 is 0 Å². The number of amides is 1. The number of hydrogen-bond donors (Lipinski definition) is 1. The third-order valence-corrected chi connectivity index (χ3v) is 4.28. The molecule has 1 N–H and O–H groups in total. The lowest BCUT2D eigenvalue weighted by molar-refractivity contribution is -0.154. The molecule has 1 aliphatic rings. The number of aromatic nitrogens is 1. The second-order valence-corrected chi connectivity index (χ2v) is 5.69. The van der Waals surface area contributed by atoms with Gasteiger partial charge in [-0.15, -0.1) is 11.6 Å². The first-order valence-corrected chi connectivity index (χ1v) is 7.90. The molecular formula is C17H17ClN2O3.